The molecule has 3 aromatic heterocycles. The maximum absolute atomic E-state index is 5.65. The van der Waals surface area contributed by atoms with Crippen molar-refractivity contribution in [1.29, 1.82) is 0 Å². The van der Waals surface area contributed by atoms with Crippen LogP contribution >= 0.6 is 11.8 Å². The van der Waals surface area contributed by atoms with Gasteiger partial charge in [-0.05, 0) is 18.7 Å². The SMILES string of the molecule is Cc1nnc(Sc2nc(N)nc3[nH]ncc23)n1C. The first-order valence-corrected chi connectivity index (χ1v) is 5.97. The molecule has 92 valence electrons. The molecule has 0 unspecified atom stereocenters. The Bertz CT molecular complexity index is 715. The number of nitrogens with one attached hydrogen (secondary N) is 1. The summed E-state index contributed by atoms with van der Waals surface area (Å²) in [5.41, 5.74) is 6.27. The molecule has 9 heteroatoms. The van der Waals surface area contributed by atoms with Crippen molar-refractivity contribution in [1.82, 2.24) is 34.9 Å². The lowest BCUT2D eigenvalue weighted by molar-refractivity contribution is 0.765. The first-order chi connectivity index (χ1) is 8.65. The zero-order valence-electron chi connectivity index (χ0n) is 9.75. The molecular formula is C9H10N8S. The smallest absolute Gasteiger partial charge is 0.223 e. The van der Waals surface area contributed by atoms with Crippen LogP contribution in [0, 0.1) is 6.92 Å². The highest BCUT2D eigenvalue weighted by Gasteiger charge is 2.13. The summed E-state index contributed by atoms with van der Waals surface area (Å²) < 4.78 is 1.88. The van der Waals surface area contributed by atoms with Crippen molar-refractivity contribution in [3.05, 3.63) is 12.0 Å². The number of nitrogens with zero attached hydrogens (tertiary/aromatic N) is 6. The van der Waals surface area contributed by atoms with Crippen LogP contribution in [-0.2, 0) is 7.05 Å². The van der Waals surface area contributed by atoms with Crippen LogP contribution in [0.3, 0.4) is 0 Å². The van der Waals surface area contributed by atoms with Crippen LogP contribution < -0.4 is 5.73 Å². The van der Waals surface area contributed by atoms with Gasteiger partial charge in [-0.25, -0.2) is 4.98 Å². The number of fused-ring (bicyclic) bond motifs is 1. The van der Waals surface area contributed by atoms with Crippen LogP contribution in [-0.4, -0.2) is 34.9 Å². The Morgan fingerprint density at radius 3 is 2.89 bits per heavy atom. The van der Waals surface area contributed by atoms with E-state index in [1.807, 2.05) is 18.5 Å². The number of hydrogen-bond donors (Lipinski definition) is 2. The number of aromatic amines is 1. The molecule has 0 atom stereocenters. The average molecular weight is 262 g/mol. The fourth-order valence-corrected chi connectivity index (χ4v) is 2.39. The number of nitrogens with two attached hydrogens (primary N) is 1. The topological polar surface area (TPSA) is 111 Å². The summed E-state index contributed by atoms with van der Waals surface area (Å²) in [7, 11) is 1.90. The molecule has 3 heterocycles. The van der Waals surface area contributed by atoms with Gasteiger partial charge < -0.3 is 10.3 Å². The third-order valence-corrected chi connectivity index (χ3v) is 3.58. The Labute approximate surface area is 106 Å². The number of H-pyrrole nitrogens is 1. The molecule has 0 aliphatic heterocycles. The minimum absolute atomic E-state index is 0.202. The zero-order valence-corrected chi connectivity index (χ0v) is 10.6. The summed E-state index contributed by atoms with van der Waals surface area (Å²) >= 11 is 1.38. The first kappa shape index (κ1) is 11.0. The largest absolute Gasteiger partial charge is 0.368 e. The highest BCUT2D eigenvalue weighted by molar-refractivity contribution is 7.99. The second-order valence-electron chi connectivity index (χ2n) is 3.71. The minimum Gasteiger partial charge on any atom is -0.368 e. The number of nitrogen functional groups attached to an aromatic ring is 1. The van der Waals surface area contributed by atoms with Gasteiger partial charge in [0.15, 0.2) is 10.8 Å². The first-order valence-electron chi connectivity index (χ1n) is 5.15. The van der Waals surface area contributed by atoms with E-state index < -0.39 is 0 Å². The highest BCUT2D eigenvalue weighted by atomic mass is 32.2. The van der Waals surface area contributed by atoms with Crippen molar-refractivity contribution in [3.63, 3.8) is 0 Å². The number of hydrogen-bond acceptors (Lipinski definition) is 7. The maximum atomic E-state index is 5.65. The van der Waals surface area contributed by atoms with E-state index in [1.165, 1.54) is 11.8 Å². The Morgan fingerprint density at radius 2 is 2.17 bits per heavy atom. The molecule has 0 saturated heterocycles. The van der Waals surface area contributed by atoms with Crippen LogP contribution in [0.4, 0.5) is 5.95 Å². The third kappa shape index (κ3) is 1.68. The van der Waals surface area contributed by atoms with Gasteiger partial charge in [-0.3, -0.25) is 5.10 Å². The van der Waals surface area contributed by atoms with Crippen molar-refractivity contribution in [2.24, 2.45) is 7.05 Å². The normalized spacial score (nSPS) is 11.2. The van der Waals surface area contributed by atoms with Gasteiger partial charge in [0, 0.05) is 7.05 Å². The van der Waals surface area contributed by atoms with E-state index in [9.17, 15) is 0 Å². The summed E-state index contributed by atoms with van der Waals surface area (Å²) in [5.74, 6) is 1.04. The molecule has 3 aromatic rings. The quantitative estimate of drug-likeness (QED) is 0.647. The average Bonchev–Trinajstić information content (AvgIpc) is 2.90. The standard InChI is InChI=1S/C9H10N8S/c1-4-14-16-9(17(4)2)18-7-5-3-11-15-6(5)12-8(10)13-7/h3H,1-2H3,(H3,10,11,12,13,15). The van der Waals surface area contributed by atoms with Crippen molar-refractivity contribution in [2.45, 2.75) is 17.1 Å². The Morgan fingerprint density at radius 1 is 1.33 bits per heavy atom. The Hall–Kier alpha value is -2.16. The van der Waals surface area contributed by atoms with Crippen molar-refractivity contribution in [3.8, 4) is 0 Å². The van der Waals surface area contributed by atoms with Crippen LogP contribution in [0.25, 0.3) is 11.0 Å². The van der Waals surface area contributed by atoms with Crippen molar-refractivity contribution >= 4 is 28.7 Å². The maximum Gasteiger partial charge on any atom is 0.223 e. The summed E-state index contributed by atoms with van der Waals surface area (Å²) in [6.45, 7) is 1.89. The van der Waals surface area contributed by atoms with E-state index in [4.69, 9.17) is 5.73 Å². The third-order valence-electron chi connectivity index (χ3n) is 2.53. The predicted octanol–water partition coefficient (Wildman–Crippen LogP) is 0.523. The molecule has 3 rings (SSSR count). The van der Waals surface area contributed by atoms with Gasteiger partial charge >= 0.3 is 0 Å². The fraction of sp³-hybridized carbons (Fsp3) is 0.222. The number of anilines is 1. The summed E-state index contributed by atoms with van der Waals surface area (Å²) in [5, 5.41) is 17.0. The lowest BCUT2D eigenvalue weighted by atomic mass is 10.4. The van der Waals surface area contributed by atoms with Gasteiger partial charge in [-0.15, -0.1) is 10.2 Å². The van der Waals surface area contributed by atoms with Crippen molar-refractivity contribution < 1.29 is 0 Å². The number of aromatic nitrogens is 7. The molecule has 0 fully saturated rings. The van der Waals surface area contributed by atoms with Gasteiger partial charge in [0.1, 0.15) is 10.9 Å². The minimum atomic E-state index is 0.202. The Balaban J connectivity index is 2.09. The summed E-state index contributed by atoms with van der Waals surface area (Å²) in [6, 6.07) is 0. The lowest BCUT2D eigenvalue weighted by Gasteiger charge is -2.02. The van der Waals surface area contributed by atoms with E-state index in [0.29, 0.717) is 10.7 Å². The monoisotopic (exact) mass is 262 g/mol. The molecule has 0 radical (unpaired) electrons. The number of rotatable bonds is 2. The van der Waals surface area contributed by atoms with Crippen LogP contribution in [0.1, 0.15) is 5.82 Å². The van der Waals surface area contributed by atoms with Gasteiger partial charge in [0.2, 0.25) is 5.95 Å². The van der Waals surface area contributed by atoms with Gasteiger partial charge in [0.25, 0.3) is 0 Å². The molecule has 0 spiro atoms. The fourth-order valence-electron chi connectivity index (χ4n) is 1.47. The molecule has 8 nitrogen and oxygen atoms in total. The molecule has 0 aromatic carbocycles. The second kappa shape index (κ2) is 3.95. The van der Waals surface area contributed by atoms with Crippen LogP contribution in [0.5, 0.6) is 0 Å². The molecule has 0 aliphatic rings. The molecular weight excluding hydrogens is 252 g/mol. The highest BCUT2D eigenvalue weighted by Crippen LogP contribution is 2.29. The van der Waals surface area contributed by atoms with Crippen molar-refractivity contribution in [2.75, 3.05) is 5.73 Å². The summed E-state index contributed by atoms with van der Waals surface area (Å²) in [4.78, 5) is 8.27. The lowest BCUT2D eigenvalue weighted by Crippen LogP contribution is -1.98. The number of aryl methyl sites for hydroxylation is 1. The van der Waals surface area contributed by atoms with E-state index in [-0.39, 0.29) is 5.95 Å². The molecule has 0 aliphatic carbocycles. The van der Waals surface area contributed by atoms with E-state index in [2.05, 4.69) is 30.4 Å². The predicted molar refractivity (Wildman–Crippen MR) is 66.0 cm³/mol. The van der Waals surface area contributed by atoms with Crippen LogP contribution in [0.15, 0.2) is 16.4 Å². The van der Waals surface area contributed by atoms with E-state index >= 15 is 0 Å². The van der Waals surface area contributed by atoms with Gasteiger partial charge in [0.05, 0.1) is 11.6 Å². The summed E-state index contributed by atoms with van der Waals surface area (Å²) in [6.07, 6.45) is 1.67. The zero-order chi connectivity index (χ0) is 12.7. The van der Waals surface area contributed by atoms with E-state index in [0.717, 1.165) is 16.4 Å². The molecule has 0 bridgehead atoms. The Kier molecular flexibility index (Phi) is 2.40. The van der Waals surface area contributed by atoms with Crippen LogP contribution in [0.2, 0.25) is 0 Å². The molecule has 3 N–H and O–H groups in total. The van der Waals surface area contributed by atoms with Gasteiger partial charge in [-0.2, -0.15) is 10.1 Å². The molecule has 18 heavy (non-hydrogen) atoms. The van der Waals surface area contributed by atoms with E-state index in [1.54, 1.807) is 6.20 Å². The molecule has 0 saturated carbocycles. The van der Waals surface area contributed by atoms with Gasteiger partial charge in [-0.1, -0.05) is 0 Å². The molecule has 0 amide bonds. The second-order valence-corrected chi connectivity index (χ2v) is 4.67.